The van der Waals surface area contributed by atoms with Crippen LogP contribution in [0.25, 0.3) is 11.0 Å². The van der Waals surface area contributed by atoms with Gasteiger partial charge in [-0.05, 0) is 42.4 Å². The van der Waals surface area contributed by atoms with Crippen molar-refractivity contribution in [3.63, 3.8) is 0 Å². The third-order valence-corrected chi connectivity index (χ3v) is 6.25. The van der Waals surface area contributed by atoms with Crippen LogP contribution in [0.1, 0.15) is 43.9 Å². The molecule has 0 saturated carbocycles. The number of aromatic nitrogens is 2. The van der Waals surface area contributed by atoms with E-state index < -0.39 is 0 Å². The van der Waals surface area contributed by atoms with Gasteiger partial charge in [0.15, 0.2) is 5.82 Å². The molecule has 1 aliphatic heterocycles. The molecule has 3 aromatic rings. The first kappa shape index (κ1) is 24.9. The number of aliphatic hydroxyl groups is 1. The zero-order valence-corrected chi connectivity index (χ0v) is 19.1. The highest BCUT2D eigenvalue weighted by atomic mass is 16.3. The number of aliphatic hydroxyl groups excluding tert-OH is 1. The van der Waals surface area contributed by atoms with Gasteiger partial charge in [0.25, 0.3) is 5.91 Å². The molecule has 6 heteroatoms. The maximum Gasteiger partial charge on any atom is 0.290 e. The molecule has 2 atom stereocenters. The van der Waals surface area contributed by atoms with E-state index in [1.165, 1.54) is 5.56 Å². The number of para-hydroxylation sites is 2. The average molecular weight is 451 g/mol. The van der Waals surface area contributed by atoms with E-state index >= 15 is 0 Å². The van der Waals surface area contributed by atoms with Gasteiger partial charge in [0.05, 0.1) is 11.0 Å². The molecule has 0 aliphatic carbocycles. The fourth-order valence-corrected chi connectivity index (χ4v) is 4.65. The van der Waals surface area contributed by atoms with Gasteiger partial charge in [-0.1, -0.05) is 63.7 Å². The molecule has 1 fully saturated rings. The van der Waals surface area contributed by atoms with E-state index in [0.717, 1.165) is 37.0 Å². The molecule has 178 valence electrons. The molecule has 4 rings (SSSR count). The fraction of sp³-hybridized carbons (Fsp3) is 0.481. The summed E-state index contributed by atoms with van der Waals surface area (Å²) < 4.78 is 2.08. The minimum atomic E-state index is -0.0200. The van der Waals surface area contributed by atoms with Gasteiger partial charge in [0.2, 0.25) is 0 Å². The van der Waals surface area contributed by atoms with Gasteiger partial charge in [-0.2, -0.15) is 0 Å². The standard InChI is InChI=1S/C26H34N4O2.CH4/c1-19(2)17-30(22-14-21(18-31)15-27-16-22)26(32)25-28-23-10-6-7-11-24(23)29(25)13-12-20-8-4-3-5-9-20;/h3-11,19,21-22,27,31H,12-18H2,1-2H3;1H4/t21-,22+;/m1./s1. The van der Waals surface area contributed by atoms with Crippen LogP contribution in [0.2, 0.25) is 0 Å². The molecule has 0 unspecified atom stereocenters. The van der Waals surface area contributed by atoms with Gasteiger partial charge in [-0.3, -0.25) is 4.79 Å². The predicted molar refractivity (Wildman–Crippen MR) is 134 cm³/mol. The molecule has 2 aromatic carbocycles. The Labute approximate surface area is 197 Å². The summed E-state index contributed by atoms with van der Waals surface area (Å²) in [6, 6.07) is 18.4. The van der Waals surface area contributed by atoms with E-state index in [2.05, 4.69) is 35.9 Å². The topological polar surface area (TPSA) is 70.4 Å². The third-order valence-electron chi connectivity index (χ3n) is 6.25. The summed E-state index contributed by atoms with van der Waals surface area (Å²) in [5.74, 6) is 1.01. The maximum absolute atomic E-state index is 13.9. The van der Waals surface area contributed by atoms with Gasteiger partial charge in [-0.15, -0.1) is 0 Å². The zero-order valence-electron chi connectivity index (χ0n) is 19.1. The Morgan fingerprint density at radius 2 is 1.88 bits per heavy atom. The van der Waals surface area contributed by atoms with Crippen molar-refractivity contribution in [2.45, 2.75) is 46.7 Å². The Hall–Kier alpha value is -2.70. The lowest BCUT2D eigenvalue weighted by atomic mass is 9.94. The molecule has 2 heterocycles. The number of aryl methyl sites for hydroxylation is 2. The van der Waals surface area contributed by atoms with Crippen LogP contribution in [0.4, 0.5) is 0 Å². The van der Waals surface area contributed by atoms with Crippen molar-refractivity contribution < 1.29 is 9.90 Å². The van der Waals surface area contributed by atoms with Crippen LogP contribution in [0, 0.1) is 11.8 Å². The molecule has 2 N–H and O–H groups in total. The highest BCUT2D eigenvalue weighted by Crippen LogP contribution is 2.23. The minimum Gasteiger partial charge on any atom is -0.396 e. The predicted octanol–water partition coefficient (Wildman–Crippen LogP) is 3.98. The molecule has 1 aliphatic rings. The second-order valence-corrected chi connectivity index (χ2v) is 9.26. The van der Waals surface area contributed by atoms with Gasteiger partial charge in [0.1, 0.15) is 0 Å². The summed E-state index contributed by atoms with van der Waals surface area (Å²) in [5.41, 5.74) is 3.08. The Kier molecular flexibility index (Phi) is 8.64. The largest absolute Gasteiger partial charge is 0.396 e. The van der Waals surface area contributed by atoms with Crippen LogP contribution in [0.3, 0.4) is 0 Å². The van der Waals surface area contributed by atoms with Crippen LogP contribution in [-0.4, -0.2) is 57.7 Å². The summed E-state index contributed by atoms with van der Waals surface area (Å²) in [7, 11) is 0. The quantitative estimate of drug-likeness (QED) is 0.545. The van der Waals surface area contributed by atoms with Crippen LogP contribution >= 0.6 is 0 Å². The number of benzene rings is 2. The maximum atomic E-state index is 13.9. The fourth-order valence-electron chi connectivity index (χ4n) is 4.65. The van der Waals surface area contributed by atoms with E-state index in [1.54, 1.807) is 0 Å². The van der Waals surface area contributed by atoms with E-state index in [-0.39, 0.29) is 31.9 Å². The van der Waals surface area contributed by atoms with Crippen molar-refractivity contribution in [2.24, 2.45) is 11.8 Å². The molecular formula is C27H38N4O2. The summed E-state index contributed by atoms with van der Waals surface area (Å²) in [4.78, 5) is 20.7. The number of imidazole rings is 1. The number of carbonyl (C=O) groups excluding carboxylic acids is 1. The van der Waals surface area contributed by atoms with E-state index in [4.69, 9.17) is 4.98 Å². The number of amides is 1. The number of carbonyl (C=O) groups is 1. The number of rotatable bonds is 8. The molecule has 1 saturated heterocycles. The number of fused-ring (bicyclic) bond motifs is 1. The monoisotopic (exact) mass is 450 g/mol. The SMILES string of the molecule is C.CC(C)CN(C(=O)c1nc2ccccc2n1CCc1ccccc1)[C@@H]1CNC[C@H](CO)C1. The lowest BCUT2D eigenvalue weighted by Crippen LogP contribution is -2.53. The Balaban J connectivity index is 0.00000306. The third kappa shape index (κ3) is 5.81. The molecule has 0 bridgehead atoms. The van der Waals surface area contributed by atoms with Crippen LogP contribution < -0.4 is 5.32 Å². The summed E-state index contributed by atoms with van der Waals surface area (Å²) in [6.07, 6.45) is 1.65. The van der Waals surface area contributed by atoms with E-state index in [0.29, 0.717) is 24.8 Å². The minimum absolute atomic E-state index is 0. The van der Waals surface area contributed by atoms with Crippen LogP contribution in [-0.2, 0) is 13.0 Å². The normalized spacial score (nSPS) is 18.3. The summed E-state index contributed by atoms with van der Waals surface area (Å²) >= 11 is 0. The van der Waals surface area contributed by atoms with E-state index in [9.17, 15) is 9.90 Å². The second-order valence-electron chi connectivity index (χ2n) is 9.26. The highest BCUT2D eigenvalue weighted by Gasteiger charge is 2.32. The highest BCUT2D eigenvalue weighted by molar-refractivity contribution is 5.95. The van der Waals surface area contributed by atoms with Gasteiger partial charge >= 0.3 is 0 Å². The molecular weight excluding hydrogens is 412 g/mol. The number of nitrogens with zero attached hydrogens (tertiary/aromatic N) is 3. The second kappa shape index (κ2) is 11.4. The van der Waals surface area contributed by atoms with Crippen molar-refractivity contribution in [1.29, 1.82) is 0 Å². The van der Waals surface area contributed by atoms with Gasteiger partial charge in [0, 0.05) is 38.8 Å². The number of hydrogen-bond donors (Lipinski definition) is 2. The van der Waals surface area contributed by atoms with Crippen molar-refractivity contribution in [3.8, 4) is 0 Å². The first-order valence-electron chi connectivity index (χ1n) is 11.7. The molecule has 6 nitrogen and oxygen atoms in total. The average Bonchev–Trinajstić information content (AvgIpc) is 3.20. The van der Waals surface area contributed by atoms with Crippen molar-refractivity contribution in [2.75, 3.05) is 26.2 Å². The summed E-state index contributed by atoms with van der Waals surface area (Å²) in [5, 5.41) is 13.1. The van der Waals surface area contributed by atoms with Crippen LogP contribution in [0.5, 0.6) is 0 Å². The number of nitrogens with one attached hydrogen (secondary N) is 1. The molecule has 33 heavy (non-hydrogen) atoms. The van der Waals surface area contributed by atoms with E-state index in [1.807, 2.05) is 47.4 Å². The first-order valence-corrected chi connectivity index (χ1v) is 11.7. The number of piperidine rings is 1. The van der Waals surface area contributed by atoms with Gasteiger partial charge < -0.3 is 19.9 Å². The Bertz CT molecular complexity index is 1030. The van der Waals surface area contributed by atoms with Crippen molar-refractivity contribution in [1.82, 2.24) is 19.8 Å². The number of hydrogen-bond acceptors (Lipinski definition) is 4. The van der Waals surface area contributed by atoms with Crippen LogP contribution in [0.15, 0.2) is 54.6 Å². The molecule has 1 amide bonds. The van der Waals surface area contributed by atoms with Gasteiger partial charge in [-0.25, -0.2) is 4.98 Å². The Morgan fingerprint density at radius 1 is 1.15 bits per heavy atom. The zero-order chi connectivity index (χ0) is 22.5. The smallest absolute Gasteiger partial charge is 0.290 e. The first-order chi connectivity index (χ1) is 15.6. The Morgan fingerprint density at radius 3 is 2.61 bits per heavy atom. The van der Waals surface area contributed by atoms with Crippen molar-refractivity contribution in [3.05, 3.63) is 66.0 Å². The van der Waals surface area contributed by atoms with Crippen molar-refractivity contribution >= 4 is 16.9 Å². The summed E-state index contributed by atoms with van der Waals surface area (Å²) in [6.45, 7) is 7.33. The molecule has 1 aromatic heterocycles. The molecule has 0 spiro atoms. The molecule has 0 radical (unpaired) electrons. The lowest BCUT2D eigenvalue weighted by Gasteiger charge is -2.38. The lowest BCUT2D eigenvalue weighted by molar-refractivity contribution is 0.0537.